The smallest absolute Gasteiger partial charge is 0.297 e. The first-order valence-electron chi connectivity index (χ1n) is 7.94. The average molecular weight is 361 g/mol. The Labute approximate surface area is 151 Å². The van der Waals surface area contributed by atoms with Crippen LogP contribution in [0.25, 0.3) is 11.0 Å². The number of benzene rings is 1. The van der Waals surface area contributed by atoms with Crippen molar-refractivity contribution in [2.75, 3.05) is 4.90 Å². The molecule has 0 aliphatic carbocycles. The molecular formula is C19H11N3O3S. The molecule has 1 amide bonds. The van der Waals surface area contributed by atoms with Gasteiger partial charge < -0.3 is 4.42 Å². The Morgan fingerprint density at radius 3 is 2.73 bits per heavy atom. The summed E-state index contributed by atoms with van der Waals surface area (Å²) in [5.41, 5.74) is 1.26. The Hall–Kier alpha value is -3.32. The molecule has 1 atom stereocenters. The van der Waals surface area contributed by atoms with Crippen molar-refractivity contribution in [1.82, 2.24) is 9.97 Å². The number of hydrogen-bond donors (Lipinski definition) is 0. The quantitative estimate of drug-likeness (QED) is 0.547. The SMILES string of the molecule is O=C1c2oc3ccccc3c(=O)c2[C@@H](c2cccnc2)N1c1nccs1. The fourth-order valence-corrected chi connectivity index (χ4v) is 3.97. The highest BCUT2D eigenvalue weighted by molar-refractivity contribution is 7.13. The van der Waals surface area contributed by atoms with Gasteiger partial charge in [-0.1, -0.05) is 18.2 Å². The molecule has 5 rings (SSSR count). The summed E-state index contributed by atoms with van der Waals surface area (Å²) in [6.07, 6.45) is 4.93. The third-order valence-electron chi connectivity index (χ3n) is 4.40. The molecule has 0 saturated carbocycles. The van der Waals surface area contributed by atoms with E-state index in [0.717, 1.165) is 5.56 Å². The predicted octanol–water partition coefficient (Wildman–Crippen LogP) is 3.39. The van der Waals surface area contributed by atoms with Crippen LogP contribution in [-0.4, -0.2) is 15.9 Å². The summed E-state index contributed by atoms with van der Waals surface area (Å²) in [4.78, 5) is 36.2. The van der Waals surface area contributed by atoms with Crippen LogP contribution in [0.2, 0.25) is 0 Å². The minimum Gasteiger partial charge on any atom is -0.450 e. The minimum atomic E-state index is -0.613. The van der Waals surface area contributed by atoms with Gasteiger partial charge in [-0.2, -0.15) is 0 Å². The van der Waals surface area contributed by atoms with E-state index in [1.54, 1.807) is 54.3 Å². The maximum Gasteiger partial charge on any atom is 0.297 e. The highest BCUT2D eigenvalue weighted by Crippen LogP contribution is 2.41. The number of anilines is 1. The second kappa shape index (κ2) is 5.60. The fourth-order valence-electron chi connectivity index (χ4n) is 3.30. The number of aromatic nitrogens is 2. The molecule has 0 spiro atoms. The Bertz CT molecular complexity index is 1190. The number of hydrogen-bond acceptors (Lipinski definition) is 6. The van der Waals surface area contributed by atoms with E-state index in [2.05, 4.69) is 9.97 Å². The van der Waals surface area contributed by atoms with E-state index in [9.17, 15) is 9.59 Å². The van der Waals surface area contributed by atoms with Gasteiger partial charge in [0.05, 0.1) is 17.0 Å². The number of pyridine rings is 1. The third-order valence-corrected chi connectivity index (χ3v) is 5.17. The standard InChI is InChI=1S/C19H11N3O3S/c23-16-12-5-1-2-6-13(12)25-17-14(16)15(11-4-3-7-20-10-11)22(18(17)24)19-21-8-9-26-19/h1-10,15H/t15-/m1/s1. The Balaban J connectivity index is 1.85. The monoisotopic (exact) mass is 361 g/mol. The van der Waals surface area contributed by atoms with Crippen LogP contribution < -0.4 is 10.3 Å². The van der Waals surface area contributed by atoms with Crippen molar-refractivity contribution in [1.29, 1.82) is 0 Å². The molecule has 7 heteroatoms. The van der Waals surface area contributed by atoms with E-state index in [4.69, 9.17) is 4.42 Å². The zero-order valence-corrected chi connectivity index (χ0v) is 14.1. The van der Waals surface area contributed by atoms with Crippen molar-refractivity contribution in [3.05, 3.63) is 87.5 Å². The highest BCUT2D eigenvalue weighted by Gasteiger charge is 2.44. The molecule has 1 aromatic carbocycles. The largest absolute Gasteiger partial charge is 0.450 e. The number of rotatable bonds is 2. The van der Waals surface area contributed by atoms with Gasteiger partial charge in [-0.3, -0.25) is 19.5 Å². The average Bonchev–Trinajstić information content (AvgIpc) is 3.30. The lowest BCUT2D eigenvalue weighted by molar-refractivity contribution is 0.0971. The fraction of sp³-hybridized carbons (Fsp3) is 0.0526. The third kappa shape index (κ3) is 2.04. The first-order valence-corrected chi connectivity index (χ1v) is 8.82. The molecule has 126 valence electrons. The van der Waals surface area contributed by atoms with Crippen molar-refractivity contribution >= 4 is 33.3 Å². The van der Waals surface area contributed by atoms with Crippen LogP contribution in [0, 0.1) is 0 Å². The van der Waals surface area contributed by atoms with Crippen LogP contribution in [0.5, 0.6) is 0 Å². The zero-order valence-electron chi connectivity index (χ0n) is 13.3. The molecule has 6 nitrogen and oxygen atoms in total. The second-order valence-corrected chi connectivity index (χ2v) is 6.72. The molecule has 0 unspecified atom stereocenters. The van der Waals surface area contributed by atoms with Crippen LogP contribution >= 0.6 is 11.3 Å². The van der Waals surface area contributed by atoms with E-state index < -0.39 is 6.04 Å². The lowest BCUT2D eigenvalue weighted by Gasteiger charge is -2.22. The van der Waals surface area contributed by atoms with Gasteiger partial charge >= 0.3 is 0 Å². The molecule has 0 fully saturated rings. The molecule has 1 aliphatic heterocycles. The van der Waals surface area contributed by atoms with Crippen LogP contribution in [-0.2, 0) is 0 Å². The molecule has 1 aliphatic rings. The van der Waals surface area contributed by atoms with Crippen LogP contribution in [0.15, 0.2) is 69.6 Å². The minimum absolute atomic E-state index is 0.0674. The van der Waals surface area contributed by atoms with Crippen LogP contribution in [0.4, 0.5) is 5.13 Å². The molecule has 0 N–H and O–H groups in total. The highest BCUT2D eigenvalue weighted by atomic mass is 32.1. The van der Waals surface area contributed by atoms with Crippen molar-refractivity contribution in [2.45, 2.75) is 6.04 Å². The van der Waals surface area contributed by atoms with E-state index in [1.807, 2.05) is 6.07 Å². The summed E-state index contributed by atoms with van der Waals surface area (Å²) in [6.45, 7) is 0. The number of amides is 1. The molecule has 0 radical (unpaired) electrons. The first-order chi connectivity index (χ1) is 12.8. The molecule has 0 saturated heterocycles. The van der Waals surface area contributed by atoms with E-state index in [-0.39, 0.29) is 17.1 Å². The number of nitrogens with zero attached hydrogens (tertiary/aromatic N) is 3. The first kappa shape index (κ1) is 15.0. The van der Waals surface area contributed by atoms with Crippen LogP contribution in [0.3, 0.4) is 0 Å². The number of carbonyl (C=O) groups is 1. The maximum atomic E-state index is 13.2. The molecular weight excluding hydrogens is 350 g/mol. The molecule has 26 heavy (non-hydrogen) atoms. The number of thiazole rings is 1. The van der Waals surface area contributed by atoms with Gasteiger partial charge in [0.15, 0.2) is 10.6 Å². The topological polar surface area (TPSA) is 76.3 Å². The summed E-state index contributed by atoms with van der Waals surface area (Å²) < 4.78 is 5.84. The normalized spacial score (nSPS) is 16.2. The lowest BCUT2D eigenvalue weighted by atomic mass is 10.0. The Morgan fingerprint density at radius 1 is 1.08 bits per heavy atom. The molecule has 3 aromatic heterocycles. The lowest BCUT2D eigenvalue weighted by Crippen LogP contribution is -2.29. The molecule has 4 aromatic rings. The number of fused-ring (bicyclic) bond motifs is 2. The second-order valence-electron chi connectivity index (χ2n) is 5.85. The summed E-state index contributed by atoms with van der Waals surface area (Å²) in [5, 5.41) is 2.75. The summed E-state index contributed by atoms with van der Waals surface area (Å²) >= 11 is 1.33. The van der Waals surface area contributed by atoms with Crippen molar-refractivity contribution in [3.63, 3.8) is 0 Å². The van der Waals surface area contributed by atoms with Crippen molar-refractivity contribution < 1.29 is 9.21 Å². The number of carbonyl (C=O) groups excluding carboxylic acids is 1. The van der Waals surface area contributed by atoms with Gasteiger partial charge in [0.2, 0.25) is 5.76 Å². The van der Waals surface area contributed by atoms with E-state index in [1.165, 1.54) is 16.2 Å². The summed E-state index contributed by atoms with van der Waals surface area (Å²) in [6, 6.07) is 9.95. The summed E-state index contributed by atoms with van der Waals surface area (Å²) in [7, 11) is 0. The van der Waals surface area contributed by atoms with Gasteiger partial charge in [-0.15, -0.1) is 11.3 Å². The van der Waals surface area contributed by atoms with E-state index >= 15 is 0 Å². The van der Waals surface area contributed by atoms with Gasteiger partial charge in [0.1, 0.15) is 5.58 Å². The van der Waals surface area contributed by atoms with Gasteiger partial charge in [0, 0.05) is 24.0 Å². The predicted molar refractivity (Wildman–Crippen MR) is 97.5 cm³/mol. The van der Waals surface area contributed by atoms with Crippen molar-refractivity contribution in [2.24, 2.45) is 0 Å². The maximum absolute atomic E-state index is 13.2. The molecule has 4 heterocycles. The van der Waals surface area contributed by atoms with E-state index in [0.29, 0.717) is 21.7 Å². The van der Waals surface area contributed by atoms with Crippen molar-refractivity contribution in [3.8, 4) is 0 Å². The Morgan fingerprint density at radius 2 is 1.96 bits per heavy atom. The van der Waals surface area contributed by atoms with Gasteiger partial charge in [0.25, 0.3) is 5.91 Å². The number of para-hydroxylation sites is 1. The zero-order chi connectivity index (χ0) is 17.7. The van der Waals surface area contributed by atoms with Crippen LogP contribution in [0.1, 0.15) is 27.7 Å². The van der Waals surface area contributed by atoms with Gasteiger partial charge in [-0.05, 0) is 23.8 Å². The Kier molecular flexibility index (Phi) is 3.23. The summed E-state index contributed by atoms with van der Waals surface area (Å²) in [5.74, 6) is -0.301. The van der Waals surface area contributed by atoms with Gasteiger partial charge in [-0.25, -0.2) is 4.98 Å². The molecule has 0 bridgehead atoms.